The summed E-state index contributed by atoms with van der Waals surface area (Å²) in [4.78, 5) is 12.9. The molecule has 0 saturated carbocycles. The van der Waals surface area contributed by atoms with Crippen LogP contribution in [0.15, 0.2) is 36.4 Å². The van der Waals surface area contributed by atoms with Crippen molar-refractivity contribution in [3.8, 4) is 0 Å². The lowest BCUT2D eigenvalue weighted by atomic mass is 10.1. The van der Waals surface area contributed by atoms with Gasteiger partial charge in [0, 0.05) is 23.6 Å². The molecule has 1 heterocycles. The first-order chi connectivity index (χ1) is 9.56. The zero-order valence-electron chi connectivity index (χ0n) is 10.6. The van der Waals surface area contributed by atoms with Gasteiger partial charge in [-0.25, -0.2) is 9.18 Å². The van der Waals surface area contributed by atoms with Crippen molar-refractivity contribution in [1.29, 1.82) is 0 Å². The van der Waals surface area contributed by atoms with Crippen LogP contribution in [0.4, 0.5) is 21.5 Å². The van der Waals surface area contributed by atoms with Gasteiger partial charge in [-0.1, -0.05) is 6.07 Å². The second-order valence-electron chi connectivity index (χ2n) is 4.75. The van der Waals surface area contributed by atoms with Crippen LogP contribution < -0.4 is 10.6 Å². The summed E-state index contributed by atoms with van der Waals surface area (Å²) >= 11 is 0. The van der Waals surface area contributed by atoms with E-state index in [1.807, 2.05) is 4.90 Å². The van der Waals surface area contributed by atoms with E-state index in [9.17, 15) is 9.18 Å². The van der Waals surface area contributed by atoms with Gasteiger partial charge in [-0.3, -0.25) is 0 Å². The molecule has 0 radical (unpaired) electrons. The van der Waals surface area contributed by atoms with Crippen molar-refractivity contribution in [2.24, 2.45) is 0 Å². The fourth-order valence-corrected chi connectivity index (χ4v) is 2.53. The SMILES string of the molecule is Nc1cc(N2CCc3ccc(F)cc32)ccc1C(=O)O. The molecule has 102 valence electrons. The zero-order chi connectivity index (χ0) is 14.3. The first-order valence-corrected chi connectivity index (χ1v) is 6.25. The van der Waals surface area contributed by atoms with Gasteiger partial charge in [-0.05, 0) is 42.3 Å². The Bertz CT molecular complexity index is 700. The third kappa shape index (κ3) is 1.97. The van der Waals surface area contributed by atoms with Crippen LogP contribution in [0.2, 0.25) is 0 Å². The summed E-state index contributed by atoms with van der Waals surface area (Å²) in [5.74, 6) is -1.34. The van der Waals surface area contributed by atoms with E-state index in [4.69, 9.17) is 10.8 Å². The van der Waals surface area contributed by atoms with Crippen molar-refractivity contribution in [2.45, 2.75) is 6.42 Å². The van der Waals surface area contributed by atoms with Gasteiger partial charge in [0.1, 0.15) is 5.82 Å². The number of benzene rings is 2. The second-order valence-corrected chi connectivity index (χ2v) is 4.75. The predicted octanol–water partition coefficient (Wildman–Crippen LogP) is 2.80. The Morgan fingerprint density at radius 2 is 2.05 bits per heavy atom. The molecule has 1 aliphatic rings. The highest BCUT2D eigenvalue weighted by Gasteiger charge is 2.22. The molecule has 2 aromatic carbocycles. The fourth-order valence-electron chi connectivity index (χ4n) is 2.53. The third-order valence-electron chi connectivity index (χ3n) is 3.52. The number of aromatic carboxylic acids is 1. The Morgan fingerprint density at radius 1 is 1.25 bits per heavy atom. The molecule has 3 N–H and O–H groups in total. The van der Waals surface area contributed by atoms with Crippen molar-refractivity contribution < 1.29 is 14.3 Å². The summed E-state index contributed by atoms with van der Waals surface area (Å²) in [6.45, 7) is 0.727. The molecule has 0 spiro atoms. The number of hydrogen-bond donors (Lipinski definition) is 2. The summed E-state index contributed by atoms with van der Waals surface area (Å²) in [7, 11) is 0. The quantitative estimate of drug-likeness (QED) is 0.825. The van der Waals surface area contributed by atoms with Crippen LogP contribution in [0, 0.1) is 5.82 Å². The van der Waals surface area contributed by atoms with Crippen LogP contribution in [0.25, 0.3) is 0 Å². The fraction of sp³-hybridized carbons (Fsp3) is 0.133. The van der Waals surface area contributed by atoms with Crippen LogP contribution in [0.1, 0.15) is 15.9 Å². The van der Waals surface area contributed by atoms with Crippen molar-refractivity contribution in [3.63, 3.8) is 0 Å². The normalized spacial score (nSPS) is 13.3. The van der Waals surface area contributed by atoms with Crippen LogP contribution in [-0.2, 0) is 6.42 Å². The minimum atomic E-state index is -1.05. The Labute approximate surface area is 115 Å². The van der Waals surface area contributed by atoms with Gasteiger partial charge in [0.15, 0.2) is 0 Å². The van der Waals surface area contributed by atoms with Crippen molar-refractivity contribution in [1.82, 2.24) is 0 Å². The second kappa shape index (κ2) is 4.52. The zero-order valence-corrected chi connectivity index (χ0v) is 10.6. The third-order valence-corrected chi connectivity index (χ3v) is 3.52. The number of carboxylic acid groups (broad SMARTS) is 1. The molecule has 5 heteroatoms. The van der Waals surface area contributed by atoms with Crippen LogP contribution in [0.3, 0.4) is 0 Å². The number of nitrogens with two attached hydrogens (primary N) is 1. The topological polar surface area (TPSA) is 66.6 Å². The van der Waals surface area contributed by atoms with Gasteiger partial charge in [0.2, 0.25) is 0 Å². The van der Waals surface area contributed by atoms with E-state index in [1.165, 1.54) is 18.2 Å². The van der Waals surface area contributed by atoms with E-state index in [-0.39, 0.29) is 17.1 Å². The van der Waals surface area contributed by atoms with E-state index in [0.717, 1.165) is 29.9 Å². The van der Waals surface area contributed by atoms with Gasteiger partial charge in [0.25, 0.3) is 0 Å². The number of halogens is 1. The minimum Gasteiger partial charge on any atom is -0.478 e. The standard InChI is InChI=1S/C15H13FN2O2/c16-10-2-1-9-5-6-18(14(9)7-10)11-3-4-12(15(19)20)13(17)8-11/h1-4,7-8H,5-6,17H2,(H,19,20). The molecule has 0 saturated heterocycles. The number of hydrogen-bond acceptors (Lipinski definition) is 3. The first-order valence-electron chi connectivity index (χ1n) is 6.25. The van der Waals surface area contributed by atoms with E-state index < -0.39 is 5.97 Å². The van der Waals surface area contributed by atoms with E-state index in [0.29, 0.717) is 0 Å². The van der Waals surface area contributed by atoms with E-state index >= 15 is 0 Å². The van der Waals surface area contributed by atoms with Gasteiger partial charge >= 0.3 is 5.97 Å². The lowest BCUT2D eigenvalue weighted by molar-refractivity contribution is 0.0698. The summed E-state index contributed by atoms with van der Waals surface area (Å²) < 4.78 is 13.4. The summed E-state index contributed by atoms with van der Waals surface area (Å²) in [5, 5.41) is 8.97. The number of nitrogens with zero attached hydrogens (tertiary/aromatic N) is 1. The maximum absolute atomic E-state index is 13.4. The minimum absolute atomic E-state index is 0.0763. The van der Waals surface area contributed by atoms with Crippen molar-refractivity contribution in [3.05, 3.63) is 53.3 Å². The van der Waals surface area contributed by atoms with E-state index in [2.05, 4.69) is 0 Å². The maximum Gasteiger partial charge on any atom is 0.337 e. The molecular formula is C15H13FN2O2. The van der Waals surface area contributed by atoms with Gasteiger partial charge < -0.3 is 15.7 Å². The summed E-state index contributed by atoms with van der Waals surface area (Å²) in [5.41, 5.74) is 8.71. The largest absolute Gasteiger partial charge is 0.478 e. The average Bonchev–Trinajstić information content (AvgIpc) is 2.81. The molecule has 0 fully saturated rings. The van der Waals surface area contributed by atoms with Crippen LogP contribution in [0.5, 0.6) is 0 Å². The summed E-state index contributed by atoms with van der Waals surface area (Å²) in [6.07, 6.45) is 0.830. The number of rotatable bonds is 2. The van der Waals surface area contributed by atoms with E-state index in [1.54, 1.807) is 18.2 Å². The smallest absolute Gasteiger partial charge is 0.337 e. The Kier molecular flexibility index (Phi) is 2.82. The van der Waals surface area contributed by atoms with Gasteiger partial charge in [-0.15, -0.1) is 0 Å². The molecule has 3 rings (SSSR count). The number of anilines is 3. The highest BCUT2D eigenvalue weighted by molar-refractivity contribution is 5.94. The van der Waals surface area contributed by atoms with Crippen LogP contribution >= 0.6 is 0 Å². The Hall–Kier alpha value is -2.56. The van der Waals surface area contributed by atoms with Crippen molar-refractivity contribution in [2.75, 3.05) is 17.2 Å². The van der Waals surface area contributed by atoms with Crippen LogP contribution in [-0.4, -0.2) is 17.6 Å². The molecule has 0 aromatic heterocycles. The molecule has 4 nitrogen and oxygen atoms in total. The highest BCUT2D eigenvalue weighted by atomic mass is 19.1. The number of fused-ring (bicyclic) bond motifs is 1. The van der Waals surface area contributed by atoms with Crippen molar-refractivity contribution >= 4 is 23.0 Å². The Morgan fingerprint density at radius 3 is 2.75 bits per heavy atom. The molecule has 1 aliphatic heterocycles. The molecule has 0 atom stereocenters. The number of nitrogen functional groups attached to an aromatic ring is 1. The molecule has 0 aliphatic carbocycles. The average molecular weight is 272 g/mol. The number of carbonyl (C=O) groups is 1. The monoisotopic (exact) mass is 272 g/mol. The molecule has 2 aromatic rings. The van der Waals surface area contributed by atoms with Gasteiger partial charge in [-0.2, -0.15) is 0 Å². The number of carboxylic acids is 1. The summed E-state index contributed by atoms with van der Waals surface area (Å²) in [6, 6.07) is 9.50. The maximum atomic E-state index is 13.4. The Balaban J connectivity index is 2.02. The molecule has 0 bridgehead atoms. The lowest BCUT2D eigenvalue weighted by Gasteiger charge is -2.20. The molecule has 20 heavy (non-hydrogen) atoms. The van der Waals surface area contributed by atoms with Gasteiger partial charge in [0.05, 0.1) is 5.56 Å². The molecule has 0 unspecified atom stereocenters. The highest BCUT2D eigenvalue weighted by Crippen LogP contribution is 2.36. The first kappa shape index (κ1) is 12.5. The lowest BCUT2D eigenvalue weighted by Crippen LogP contribution is -2.14. The molecule has 0 amide bonds. The molecular weight excluding hydrogens is 259 g/mol. The predicted molar refractivity (Wildman–Crippen MR) is 74.9 cm³/mol.